The van der Waals surface area contributed by atoms with Crippen molar-refractivity contribution in [2.24, 2.45) is 5.92 Å². The zero-order chi connectivity index (χ0) is 12.8. The smallest absolute Gasteiger partial charge is 0.0503 e. The molecule has 1 aliphatic heterocycles. The van der Waals surface area contributed by atoms with Gasteiger partial charge in [0.1, 0.15) is 0 Å². The summed E-state index contributed by atoms with van der Waals surface area (Å²) in [7, 11) is 1.80. The van der Waals surface area contributed by atoms with Crippen molar-refractivity contribution in [2.45, 2.75) is 19.9 Å². The molecule has 1 fully saturated rings. The standard InChI is InChI=1S/C14H24N2OS/c1-12-4-8-18-14(12)9-15-5-7-16-6-3-13(10-16)11-17-2/h4,8,13,15H,3,5-7,9-11H2,1-2H3. The Hall–Kier alpha value is -0.420. The topological polar surface area (TPSA) is 24.5 Å². The third kappa shape index (κ3) is 4.05. The summed E-state index contributed by atoms with van der Waals surface area (Å²) in [6.07, 6.45) is 1.29. The van der Waals surface area contributed by atoms with Crippen LogP contribution in [0.1, 0.15) is 16.9 Å². The molecule has 1 aromatic rings. The van der Waals surface area contributed by atoms with Crippen LogP contribution in [0.25, 0.3) is 0 Å². The van der Waals surface area contributed by atoms with Gasteiger partial charge in [-0.15, -0.1) is 11.3 Å². The minimum Gasteiger partial charge on any atom is -0.384 e. The lowest BCUT2D eigenvalue weighted by atomic mass is 10.1. The maximum absolute atomic E-state index is 5.22. The molecule has 1 saturated heterocycles. The molecule has 1 N–H and O–H groups in total. The van der Waals surface area contributed by atoms with Gasteiger partial charge >= 0.3 is 0 Å². The number of hydrogen-bond donors (Lipinski definition) is 1. The number of hydrogen-bond acceptors (Lipinski definition) is 4. The SMILES string of the molecule is COCC1CCN(CCNCc2sccc2C)C1. The number of aryl methyl sites for hydroxylation is 1. The second-order valence-electron chi connectivity index (χ2n) is 5.11. The Labute approximate surface area is 114 Å². The molecule has 18 heavy (non-hydrogen) atoms. The molecule has 0 radical (unpaired) electrons. The maximum atomic E-state index is 5.22. The van der Waals surface area contributed by atoms with Gasteiger partial charge in [0.15, 0.2) is 0 Å². The van der Waals surface area contributed by atoms with Gasteiger partial charge in [-0.2, -0.15) is 0 Å². The Morgan fingerprint density at radius 3 is 3.17 bits per heavy atom. The first-order valence-corrected chi connectivity index (χ1v) is 7.62. The Morgan fingerprint density at radius 1 is 1.56 bits per heavy atom. The van der Waals surface area contributed by atoms with Crippen LogP contribution in [0.2, 0.25) is 0 Å². The van der Waals surface area contributed by atoms with E-state index in [9.17, 15) is 0 Å². The number of rotatable bonds is 7. The molecule has 2 rings (SSSR count). The van der Waals surface area contributed by atoms with Crippen LogP contribution in [0, 0.1) is 12.8 Å². The Balaban J connectivity index is 1.58. The van der Waals surface area contributed by atoms with Crippen LogP contribution in [0.15, 0.2) is 11.4 Å². The highest BCUT2D eigenvalue weighted by Gasteiger charge is 2.21. The molecule has 0 amide bonds. The molecule has 1 unspecified atom stereocenters. The van der Waals surface area contributed by atoms with E-state index >= 15 is 0 Å². The van der Waals surface area contributed by atoms with Crippen molar-refractivity contribution in [1.29, 1.82) is 0 Å². The third-order valence-electron chi connectivity index (χ3n) is 3.63. The molecular weight excluding hydrogens is 244 g/mol. The molecule has 102 valence electrons. The van der Waals surface area contributed by atoms with E-state index < -0.39 is 0 Å². The number of likely N-dealkylation sites (tertiary alicyclic amines) is 1. The van der Waals surface area contributed by atoms with Crippen molar-refractivity contribution in [1.82, 2.24) is 10.2 Å². The zero-order valence-electron chi connectivity index (χ0n) is 11.4. The van der Waals surface area contributed by atoms with Gasteiger partial charge in [-0.25, -0.2) is 0 Å². The summed E-state index contributed by atoms with van der Waals surface area (Å²) in [5, 5.41) is 5.71. The molecule has 3 nitrogen and oxygen atoms in total. The van der Waals surface area contributed by atoms with Gasteiger partial charge in [-0.3, -0.25) is 0 Å². The fraction of sp³-hybridized carbons (Fsp3) is 0.714. The van der Waals surface area contributed by atoms with Gasteiger partial charge in [-0.05, 0) is 42.8 Å². The largest absolute Gasteiger partial charge is 0.384 e. The van der Waals surface area contributed by atoms with Crippen LogP contribution in [-0.2, 0) is 11.3 Å². The highest BCUT2D eigenvalue weighted by molar-refractivity contribution is 7.10. The van der Waals surface area contributed by atoms with E-state index in [0.29, 0.717) is 0 Å². The second-order valence-corrected chi connectivity index (χ2v) is 6.11. The number of nitrogens with one attached hydrogen (secondary N) is 1. The minimum atomic E-state index is 0.745. The molecule has 0 bridgehead atoms. The van der Waals surface area contributed by atoms with E-state index in [-0.39, 0.29) is 0 Å². The third-order valence-corrected chi connectivity index (χ3v) is 4.65. The van der Waals surface area contributed by atoms with E-state index in [1.54, 1.807) is 7.11 Å². The molecule has 0 saturated carbocycles. The van der Waals surface area contributed by atoms with Crippen LogP contribution in [-0.4, -0.2) is 44.8 Å². The van der Waals surface area contributed by atoms with Crippen LogP contribution in [0.4, 0.5) is 0 Å². The van der Waals surface area contributed by atoms with Crippen molar-refractivity contribution >= 4 is 11.3 Å². The van der Waals surface area contributed by atoms with E-state index in [1.807, 2.05) is 11.3 Å². The zero-order valence-corrected chi connectivity index (χ0v) is 12.3. The highest BCUT2D eigenvalue weighted by Crippen LogP contribution is 2.16. The predicted octanol–water partition coefficient (Wildman–Crippen LogP) is 2.11. The quantitative estimate of drug-likeness (QED) is 0.767. The van der Waals surface area contributed by atoms with Gasteiger partial charge < -0.3 is 15.0 Å². The van der Waals surface area contributed by atoms with E-state index in [1.165, 1.54) is 30.0 Å². The summed E-state index contributed by atoms with van der Waals surface area (Å²) >= 11 is 1.85. The monoisotopic (exact) mass is 268 g/mol. The summed E-state index contributed by atoms with van der Waals surface area (Å²) in [6.45, 7) is 8.78. The highest BCUT2D eigenvalue weighted by atomic mass is 32.1. The predicted molar refractivity (Wildman–Crippen MR) is 77.2 cm³/mol. The van der Waals surface area contributed by atoms with Crippen LogP contribution in [0.5, 0.6) is 0 Å². The van der Waals surface area contributed by atoms with E-state index in [2.05, 4.69) is 28.6 Å². The van der Waals surface area contributed by atoms with Crippen molar-refractivity contribution in [3.63, 3.8) is 0 Å². The molecule has 4 heteroatoms. The molecule has 1 aliphatic rings. The lowest BCUT2D eigenvalue weighted by Crippen LogP contribution is -2.30. The Morgan fingerprint density at radius 2 is 2.44 bits per heavy atom. The number of thiophene rings is 1. The summed E-state index contributed by atoms with van der Waals surface area (Å²) in [5.41, 5.74) is 1.41. The van der Waals surface area contributed by atoms with Crippen molar-refractivity contribution in [2.75, 3.05) is 39.9 Å². The van der Waals surface area contributed by atoms with Gasteiger partial charge in [0.2, 0.25) is 0 Å². The lowest BCUT2D eigenvalue weighted by molar-refractivity contribution is 0.153. The fourth-order valence-corrected chi connectivity index (χ4v) is 3.39. The maximum Gasteiger partial charge on any atom is 0.0503 e. The summed E-state index contributed by atoms with van der Waals surface area (Å²) in [5.74, 6) is 0.745. The van der Waals surface area contributed by atoms with E-state index in [0.717, 1.165) is 32.2 Å². The molecule has 1 aromatic heterocycles. The second kappa shape index (κ2) is 7.24. The summed E-state index contributed by atoms with van der Waals surface area (Å²) in [6, 6.07) is 2.19. The van der Waals surface area contributed by atoms with Gasteiger partial charge in [-0.1, -0.05) is 0 Å². The number of ether oxygens (including phenoxy) is 1. The van der Waals surface area contributed by atoms with Crippen LogP contribution >= 0.6 is 11.3 Å². The number of nitrogens with zero attached hydrogens (tertiary/aromatic N) is 1. The fourth-order valence-electron chi connectivity index (χ4n) is 2.51. The average Bonchev–Trinajstić information content (AvgIpc) is 2.95. The van der Waals surface area contributed by atoms with Gasteiger partial charge in [0.25, 0.3) is 0 Å². The van der Waals surface area contributed by atoms with Crippen LogP contribution in [0.3, 0.4) is 0 Å². The summed E-state index contributed by atoms with van der Waals surface area (Å²) < 4.78 is 5.22. The lowest BCUT2D eigenvalue weighted by Gasteiger charge is -2.16. The molecule has 2 heterocycles. The normalized spacial score (nSPS) is 20.7. The van der Waals surface area contributed by atoms with E-state index in [4.69, 9.17) is 4.74 Å². The summed E-state index contributed by atoms with van der Waals surface area (Å²) in [4.78, 5) is 4.01. The molecular formula is C14H24N2OS. The first-order valence-electron chi connectivity index (χ1n) is 6.74. The minimum absolute atomic E-state index is 0.745. The van der Waals surface area contributed by atoms with Gasteiger partial charge in [0.05, 0.1) is 6.61 Å². The van der Waals surface area contributed by atoms with Gasteiger partial charge in [0, 0.05) is 38.2 Å². The van der Waals surface area contributed by atoms with Crippen molar-refractivity contribution in [3.05, 3.63) is 21.9 Å². The number of methoxy groups -OCH3 is 1. The van der Waals surface area contributed by atoms with Crippen LogP contribution < -0.4 is 5.32 Å². The van der Waals surface area contributed by atoms with Crippen molar-refractivity contribution in [3.8, 4) is 0 Å². The van der Waals surface area contributed by atoms with Crippen molar-refractivity contribution < 1.29 is 4.74 Å². The Kier molecular flexibility index (Phi) is 5.63. The average molecular weight is 268 g/mol. The molecule has 0 aromatic carbocycles. The first kappa shape index (κ1) is 14.0. The Bertz CT molecular complexity index is 353. The molecule has 1 atom stereocenters. The molecule has 0 aliphatic carbocycles. The molecule has 0 spiro atoms. The first-order chi connectivity index (χ1) is 8.79.